The first-order chi connectivity index (χ1) is 7.95. The van der Waals surface area contributed by atoms with Crippen LogP contribution in [0.1, 0.15) is 6.92 Å². The van der Waals surface area contributed by atoms with Crippen molar-refractivity contribution in [2.75, 3.05) is 6.61 Å². The van der Waals surface area contributed by atoms with Gasteiger partial charge in [0.2, 0.25) is 5.75 Å². The van der Waals surface area contributed by atoms with Gasteiger partial charge in [-0.1, -0.05) is 23.2 Å². The van der Waals surface area contributed by atoms with Crippen LogP contribution in [0.25, 0.3) is 0 Å². The quantitative estimate of drug-likeness (QED) is 0.367. The Bertz CT molecular complexity index is 463. The van der Waals surface area contributed by atoms with Crippen LogP contribution in [0.4, 0.5) is 10.5 Å². The fourth-order valence-corrected chi connectivity index (χ4v) is 1.54. The van der Waals surface area contributed by atoms with Gasteiger partial charge in [-0.3, -0.25) is 10.1 Å². The van der Waals surface area contributed by atoms with E-state index >= 15 is 0 Å². The van der Waals surface area contributed by atoms with Gasteiger partial charge in [0.1, 0.15) is 0 Å². The molecule has 0 N–H and O–H groups in total. The second-order valence-electron chi connectivity index (χ2n) is 2.78. The largest absolute Gasteiger partial charge is 0.514 e. The van der Waals surface area contributed by atoms with Crippen LogP contribution in [0.2, 0.25) is 10.0 Å². The van der Waals surface area contributed by atoms with Crippen molar-refractivity contribution in [2.45, 2.75) is 6.92 Å². The molecule has 0 amide bonds. The Morgan fingerprint density at radius 3 is 2.65 bits per heavy atom. The van der Waals surface area contributed by atoms with Crippen molar-refractivity contribution in [3.63, 3.8) is 0 Å². The average molecular weight is 280 g/mol. The van der Waals surface area contributed by atoms with E-state index in [1.807, 2.05) is 0 Å². The normalized spacial score (nSPS) is 9.82. The monoisotopic (exact) mass is 279 g/mol. The molecule has 0 atom stereocenters. The number of rotatable bonds is 3. The molecule has 0 unspecified atom stereocenters. The molecular weight excluding hydrogens is 273 g/mol. The molecule has 8 heteroatoms. The highest BCUT2D eigenvalue weighted by Gasteiger charge is 2.23. The molecule has 0 heterocycles. The van der Waals surface area contributed by atoms with Gasteiger partial charge >= 0.3 is 11.8 Å². The second-order valence-corrected chi connectivity index (χ2v) is 3.62. The molecule has 17 heavy (non-hydrogen) atoms. The SMILES string of the molecule is CCOC(=O)Oc1c(Cl)cc(Cl)cc1[N+](=O)[O-]. The molecule has 1 aromatic carbocycles. The van der Waals surface area contributed by atoms with Crippen LogP contribution in [0.5, 0.6) is 5.75 Å². The lowest BCUT2D eigenvalue weighted by molar-refractivity contribution is -0.385. The Labute approximate surface area is 106 Å². The molecule has 0 saturated carbocycles. The van der Waals surface area contributed by atoms with E-state index in [1.54, 1.807) is 6.92 Å². The van der Waals surface area contributed by atoms with Gasteiger partial charge < -0.3 is 9.47 Å². The number of nitrogens with zero attached hydrogens (tertiary/aromatic N) is 1. The van der Waals surface area contributed by atoms with Crippen molar-refractivity contribution in [1.29, 1.82) is 0 Å². The van der Waals surface area contributed by atoms with Gasteiger partial charge in [0.15, 0.2) is 0 Å². The molecule has 92 valence electrons. The van der Waals surface area contributed by atoms with Crippen LogP contribution in [-0.4, -0.2) is 17.7 Å². The summed E-state index contributed by atoms with van der Waals surface area (Å²) in [6.07, 6.45) is -1.07. The predicted molar refractivity (Wildman–Crippen MR) is 60.8 cm³/mol. The maximum Gasteiger partial charge on any atom is 0.514 e. The van der Waals surface area contributed by atoms with E-state index in [0.29, 0.717) is 0 Å². The number of carbonyl (C=O) groups excluding carboxylic acids is 1. The standard InChI is InChI=1S/C9H7Cl2NO5/c1-2-16-9(13)17-8-6(11)3-5(10)4-7(8)12(14)15/h3-4H,2H2,1H3. The van der Waals surface area contributed by atoms with E-state index in [9.17, 15) is 14.9 Å². The minimum absolute atomic E-state index is 0.0675. The summed E-state index contributed by atoms with van der Waals surface area (Å²) in [6, 6.07) is 2.26. The number of ether oxygens (including phenoxy) is 2. The first kappa shape index (κ1) is 13.5. The number of halogens is 2. The van der Waals surface area contributed by atoms with E-state index in [0.717, 1.165) is 6.07 Å². The van der Waals surface area contributed by atoms with Crippen molar-refractivity contribution in [1.82, 2.24) is 0 Å². The maximum atomic E-state index is 11.1. The lowest BCUT2D eigenvalue weighted by atomic mass is 10.3. The zero-order chi connectivity index (χ0) is 13.0. The molecule has 0 aromatic heterocycles. The molecular formula is C9H7Cl2NO5. The first-order valence-corrected chi connectivity index (χ1v) is 5.19. The van der Waals surface area contributed by atoms with Crippen molar-refractivity contribution in [2.24, 2.45) is 0 Å². The van der Waals surface area contributed by atoms with Gasteiger partial charge in [-0.15, -0.1) is 0 Å². The third-order valence-electron chi connectivity index (χ3n) is 1.63. The Kier molecular flexibility index (Phi) is 4.53. The molecule has 0 radical (unpaired) electrons. The highest BCUT2D eigenvalue weighted by Crippen LogP contribution is 2.37. The summed E-state index contributed by atoms with van der Waals surface area (Å²) in [5, 5.41) is 10.6. The van der Waals surface area contributed by atoms with Gasteiger partial charge in [0.05, 0.1) is 16.6 Å². The van der Waals surface area contributed by atoms with Crippen LogP contribution >= 0.6 is 23.2 Å². The van der Waals surface area contributed by atoms with Crippen LogP contribution < -0.4 is 4.74 Å². The Morgan fingerprint density at radius 2 is 2.12 bits per heavy atom. The average Bonchev–Trinajstić information content (AvgIpc) is 2.21. The number of carbonyl (C=O) groups is 1. The van der Waals surface area contributed by atoms with E-state index < -0.39 is 16.8 Å². The van der Waals surface area contributed by atoms with Crippen molar-refractivity contribution in [3.8, 4) is 5.75 Å². The molecule has 1 rings (SSSR count). The van der Waals surface area contributed by atoms with Crippen LogP contribution in [0.3, 0.4) is 0 Å². The van der Waals surface area contributed by atoms with Crippen molar-refractivity contribution >= 4 is 35.0 Å². The predicted octanol–water partition coefficient (Wildman–Crippen LogP) is 3.44. The third-order valence-corrected chi connectivity index (χ3v) is 2.13. The fourth-order valence-electron chi connectivity index (χ4n) is 1.01. The minimum atomic E-state index is -1.07. The van der Waals surface area contributed by atoms with Crippen LogP contribution in [0.15, 0.2) is 12.1 Å². The van der Waals surface area contributed by atoms with E-state index in [4.69, 9.17) is 23.2 Å². The number of hydrogen-bond donors (Lipinski definition) is 0. The van der Waals surface area contributed by atoms with Crippen LogP contribution in [-0.2, 0) is 4.74 Å². The Balaban J connectivity index is 3.12. The summed E-state index contributed by atoms with van der Waals surface area (Å²) >= 11 is 11.3. The molecule has 0 fully saturated rings. The number of hydrogen-bond acceptors (Lipinski definition) is 5. The van der Waals surface area contributed by atoms with E-state index in [1.165, 1.54) is 6.07 Å². The number of benzene rings is 1. The summed E-state index contributed by atoms with van der Waals surface area (Å²) in [5.74, 6) is -0.389. The molecule has 0 aliphatic rings. The molecule has 0 saturated heterocycles. The smallest absolute Gasteiger partial charge is 0.434 e. The van der Waals surface area contributed by atoms with Gasteiger partial charge in [-0.25, -0.2) is 4.79 Å². The van der Waals surface area contributed by atoms with Gasteiger partial charge in [-0.2, -0.15) is 0 Å². The van der Waals surface area contributed by atoms with Gasteiger partial charge in [0, 0.05) is 11.1 Å². The van der Waals surface area contributed by atoms with Gasteiger partial charge in [0.25, 0.3) is 0 Å². The Morgan fingerprint density at radius 1 is 1.47 bits per heavy atom. The topological polar surface area (TPSA) is 78.7 Å². The zero-order valence-corrected chi connectivity index (χ0v) is 10.1. The maximum absolute atomic E-state index is 11.1. The second kappa shape index (κ2) is 5.70. The number of nitro benzene ring substituents is 1. The number of nitro groups is 1. The molecule has 0 aliphatic heterocycles. The first-order valence-electron chi connectivity index (χ1n) is 4.43. The molecule has 0 spiro atoms. The molecule has 0 bridgehead atoms. The summed E-state index contributed by atoms with van der Waals surface area (Å²) in [7, 11) is 0. The highest BCUT2D eigenvalue weighted by molar-refractivity contribution is 6.36. The van der Waals surface area contributed by atoms with E-state index in [-0.39, 0.29) is 22.4 Å². The summed E-state index contributed by atoms with van der Waals surface area (Å²) in [6.45, 7) is 1.65. The van der Waals surface area contributed by atoms with Crippen molar-refractivity contribution < 1.29 is 19.2 Å². The zero-order valence-electron chi connectivity index (χ0n) is 8.61. The highest BCUT2D eigenvalue weighted by atomic mass is 35.5. The fraction of sp³-hybridized carbons (Fsp3) is 0.222. The summed E-state index contributed by atoms with van der Waals surface area (Å²) in [5.41, 5.74) is -0.504. The Hall–Kier alpha value is -1.53. The molecule has 0 aliphatic carbocycles. The van der Waals surface area contributed by atoms with Gasteiger partial charge in [-0.05, 0) is 13.0 Å². The van der Waals surface area contributed by atoms with Crippen molar-refractivity contribution in [3.05, 3.63) is 32.3 Å². The lowest BCUT2D eigenvalue weighted by Crippen LogP contribution is -2.11. The molecule has 6 nitrogen and oxygen atoms in total. The summed E-state index contributed by atoms with van der Waals surface area (Å²) < 4.78 is 9.13. The summed E-state index contributed by atoms with van der Waals surface area (Å²) in [4.78, 5) is 21.0. The van der Waals surface area contributed by atoms with E-state index in [2.05, 4.69) is 9.47 Å². The van der Waals surface area contributed by atoms with Crippen LogP contribution in [0, 0.1) is 10.1 Å². The third kappa shape index (κ3) is 3.47. The minimum Gasteiger partial charge on any atom is -0.434 e. The lowest BCUT2D eigenvalue weighted by Gasteiger charge is -2.06. The molecule has 1 aromatic rings.